The van der Waals surface area contributed by atoms with E-state index in [1.165, 1.54) is 4.90 Å². The Morgan fingerprint density at radius 2 is 2.04 bits per heavy atom. The Hall–Kier alpha value is -1.90. The lowest BCUT2D eigenvalue weighted by Crippen LogP contribution is -2.44. The maximum absolute atomic E-state index is 12.3. The second kappa shape index (κ2) is 7.12. The highest BCUT2D eigenvalue weighted by Gasteiger charge is 2.34. The van der Waals surface area contributed by atoms with Crippen LogP contribution in [0.2, 0.25) is 0 Å². The van der Waals surface area contributed by atoms with Gasteiger partial charge >= 0.3 is 5.97 Å². The van der Waals surface area contributed by atoms with Gasteiger partial charge in [-0.05, 0) is 23.8 Å². The van der Waals surface area contributed by atoms with Gasteiger partial charge in [-0.1, -0.05) is 36.1 Å². The second-order valence-electron chi connectivity index (χ2n) is 5.22. The summed E-state index contributed by atoms with van der Waals surface area (Å²) >= 11 is 6.29. The first-order valence-corrected chi connectivity index (χ1v) is 8.03. The number of nitrogens with two attached hydrogens (primary N) is 1. The quantitative estimate of drug-likeness (QED) is 0.612. The predicted octanol–water partition coefficient (Wildman–Crippen LogP) is 1.37. The van der Waals surface area contributed by atoms with Gasteiger partial charge in [-0.15, -0.1) is 0 Å². The summed E-state index contributed by atoms with van der Waals surface area (Å²) in [4.78, 5) is 26.9. The molecule has 1 heterocycles. The van der Waals surface area contributed by atoms with Gasteiger partial charge in [0.1, 0.15) is 10.4 Å². The molecule has 2 rings (SSSR count). The van der Waals surface area contributed by atoms with Gasteiger partial charge in [0.05, 0.1) is 11.4 Å². The highest BCUT2D eigenvalue weighted by atomic mass is 32.2. The van der Waals surface area contributed by atoms with Crippen LogP contribution >= 0.6 is 24.0 Å². The maximum atomic E-state index is 12.3. The minimum absolute atomic E-state index is 0.128. The largest absolute Gasteiger partial charge is 0.480 e. The van der Waals surface area contributed by atoms with Gasteiger partial charge in [-0.3, -0.25) is 14.5 Å². The van der Waals surface area contributed by atoms with E-state index in [-0.39, 0.29) is 12.5 Å². The van der Waals surface area contributed by atoms with Crippen molar-refractivity contribution in [1.82, 2.24) is 4.90 Å². The third-order valence-corrected chi connectivity index (χ3v) is 4.66. The molecule has 0 bridgehead atoms. The van der Waals surface area contributed by atoms with Gasteiger partial charge in [0.15, 0.2) is 0 Å². The molecule has 1 aromatic rings. The average molecular weight is 351 g/mol. The summed E-state index contributed by atoms with van der Waals surface area (Å²) in [5.74, 6) is -1.48. The number of carbonyl (C=O) groups is 2. The van der Waals surface area contributed by atoms with E-state index in [0.717, 1.165) is 23.0 Å². The Bertz CT molecular complexity index is 671. The van der Waals surface area contributed by atoms with Gasteiger partial charge in [0, 0.05) is 19.8 Å². The molecule has 1 aromatic carbocycles. The molecule has 1 unspecified atom stereocenters. The summed E-state index contributed by atoms with van der Waals surface area (Å²) in [5.41, 5.74) is 7.41. The van der Waals surface area contributed by atoms with Crippen LogP contribution in [-0.2, 0) is 9.59 Å². The van der Waals surface area contributed by atoms with Crippen molar-refractivity contribution in [1.29, 1.82) is 0 Å². The van der Waals surface area contributed by atoms with Crippen molar-refractivity contribution >= 4 is 51.9 Å². The minimum atomic E-state index is -1.16. The number of hydrogen-bond acceptors (Lipinski definition) is 6. The van der Waals surface area contributed by atoms with E-state index < -0.39 is 12.0 Å². The first-order chi connectivity index (χ1) is 10.8. The minimum Gasteiger partial charge on any atom is -0.480 e. The van der Waals surface area contributed by atoms with Crippen LogP contribution in [0.4, 0.5) is 5.69 Å². The molecular formula is C15H17N3O3S2. The molecule has 1 saturated heterocycles. The summed E-state index contributed by atoms with van der Waals surface area (Å²) in [6, 6.07) is 6.56. The topological polar surface area (TPSA) is 86.9 Å². The summed E-state index contributed by atoms with van der Waals surface area (Å²) in [6.07, 6.45) is 1.74. The number of rotatable bonds is 5. The Labute approximate surface area is 143 Å². The number of aliphatic carboxylic acids is 1. The molecule has 0 aliphatic carbocycles. The smallest absolute Gasteiger partial charge is 0.322 e. The molecule has 0 saturated carbocycles. The molecule has 1 amide bonds. The van der Waals surface area contributed by atoms with Crippen molar-refractivity contribution in [2.75, 3.05) is 25.5 Å². The summed E-state index contributed by atoms with van der Waals surface area (Å²) in [7, 11) is 3.90. The van der Waals surface area contributed by atoms with Crippen LogP contribution in [0.3, 0.4) is 0 Å². The number of hydrogen-bond donors (Lipinski definition) is 2. The molecule has 1 aliphatic heterocycles. The number of thioether (sulfide) groups is 1. The predicted molar refractivity (Wildman–Crippen MR) is 96.3 cm³/mol. The summed E-state index contributed by atoms with van der Waals surface area (Å²) in [6.45, 7) is -0.128. The molecule has 1 fully saturated rings. The molecule has 0 spiro atoms. The SMILES string of the molecule is CN(C)c1ccc(/C=C2\SC(=S)N(CC(N)C(=O)O)C2=O)cc1. The lowest BCUT2D eigenvalue weighted by atomic mass is 10.2. The maximum Gasteiger partial charge on any atom is 0.322 e. The van der Waals surface area contributed by atoms with Crippen molar-refractivity contribution < 1.29 is 14.7 Å². The Kier molecular flexibility index (Phi) is 5.40. The molecule has 0 radical (unpaired) electrons. The molecular weight excluding hydrogens is 334 g/mol. The van der Waals surface area contributed by atoms with Gasteiger partial charge in [0.25, 0.3) is 5.91 Å². The van der Waals surface area contributed by atoms with E-state index in [4.69, 9.17) is 23.1 Å². The van der Waals surface area contributed by atoms with Crippen LogP contribution in [0.5, 0.6) is 0 Å². The normalized spacial score (nSPS) is 17.7. The third-order valence-electron chi connectivity index (χ3n) is 3.28. The fourth-order valence-corrected chi connectivity index (χ4v) is 3.23. The number of amides is 1. The zero-order chi connectivity index (χ0) is 17.1. The number of carboxylic acid groups (broad SMARTS) is 1. The van der Waals surface area contributed by atoms with Crippen LogP contribution in [0.15, 0.2) is 29.2 Å². The number of thiocarbonyl (C=S) groups is 1. The number of carbonyl (C=O) groups excluding carboxylic acids is 1. The lowest BCUT2D eigenvalue weighted by Gasteiger charge is -2.16. The van der Waals surface area contributed by atoms with Crippen LogP contribution in [0.25, 0.3) is 6.08 Å². The average Bonchev–Trinajstić information content (AvgIpc) is 2.75. The zero-order valence-corrected chi connectivity index (χ0v) is 14.4. The Morgan fingerprint density at radius 3 is 2.57 bits per heavy atom. The van der Waals surface area contributed by atoms with Crippen LogP contribution in [-0.4, -0.2) is 52.9 Å². The standard InChI is InChI=1S/C15H17N3O3S2/c1-17(2)10-5-3-9(4-6-10)7-12-13(19)18(15(22)23-12)8-11(16)14(20)21/h3-7,11H,8,16H2,1-2H3,(H,20,21)/b12-7-. The van der Waals surface area contributed by atoms with Gasteiger partial charge < -0.3 is 15.7 Å². The molecule has 122 valence electrons. The Morgan fingerprint density at radius 1 is 1.43 bits per heavy atom. The fraction of sp³-hybridized carbons (Fsp3) is 0.267. The van der Waals surface area contributed by atoms with Gasteiger partial charge in [0.2, 0.25) is 0 Å². The lowest BCUT2D eigenvalue weighted by molar-refractivity contribution is -0.139. The van der Waals surface area contributed by atoms with E-state index in [2.05, 4.69) is 0 Å². The molecule has 23 heavy (non-hydrogen) atoms. The van der Waals surface area contributed by atoms with Crippen molar-refractivity contribution in [3.8, 4) is 0 Å². The van der Waals surface area contributed by atoms with E-state index in [9.17, 15) is 9.59 Å². The second-order valence-corrected chi connectivity index (χ2v) is 6.90. The number of anilines is 1. The molecule has 1 atom stereocenters. The van der Waals surface area contributed by atoms with E-state index in [0.29, 0.717) is 9.23 Å². The van der Waals surface area contributed by atoms with E-state index in [1.807, 2.05) is 43.3 Å². The number of carboxylic acids is 1. The zero-order valence-electron chi connectivity index (χ0n) is 12.7. The summed E-state index contributed by atoms with van der Waals surface area (Å²) in [5, 5.41) is 8.86. The highest BCUT2D eigenvalue weighted by Crippen LogP contribution is 2.32. The first-order valence-electron chi connectivity index (χ1n) is 6.80. The van der Waals surface area contributed by atoms with Crippen LogP contribution < -0.4 is 10.6 Å². The van der Waals surface area contributed by atoms with Crippen molar-refractivity contribution in [2.45, 2.75) is 6.04 Å². The van der Waals surface area contributed by atoms with E-state index in [1.54, 1.807) is 6.08 Å². The monoisotopic (exact) mass is 351 g/mol. The molecule has 3 N–H and O–H groups in total. The van der Waals surface area contributed by atoms with Gasteiger partial charge in [-0.25, -0.2) is 0 Å². The van der Waals surface area contributed by atoms with Crippen molar-refractivity contribution in [3.63, 3.8) is 0 Å². The van der Waals surface area contributed by atoms with Crippen molar-refractivity contribution in [2.24, 2.45) is 5.73 Å². The van der Waals surface area contributed by atoms with Crippen molar-refractivity contribution in [3.05, 3.63) is 34.7 Å². The number of nitrogens with zero attached hydrogens (tertiary/aromatic N) is 2. The summed E-state index contributed by atoms with van der Waals surface area (Å²) < 4.78 is 0.322. The molecule has 6 nitrogen and oxygen atoms in total. The van der Waals surface area contributed by atoms with Crippen LogP contribution in [0.1, 0.15) is 5.56 Å². The van der Waals surface area contributed by atoms with E-state index >= 15 is 0 Å². The molecule has 8 heteroatoms. The molecule has 0 aromatic heterocycles. The Balaban J connectivity index is 2.16. The van der Waals surface area contributed by atoms with Crippen LogP contribution in [0, 0.1) is 0 Å². The fourth-order valence-electron chi connectivity index (χ4n) is 1.95. The number of benzene rings is 1. The van der Waals surface area contributed by atoms with Gasteiger partial charge in [-0.2, -0.15) is 0 Å². The molecule has 1 aliphatic rings. The highest BCUT2D eigenvalue weighted by molar-refractivity contribution is 8.26. The third kappa shape index (κ3) is 4.10. The first kappa shape index (κ1) is 17.5.